The Balaban J connectivity index is 2.65. The van der Waals surface area contributed by atoms with Crippen molar-refractivity contribution in [1.82, 2.24) is 0 Å². The number of carbonyl (C=O) groups is 1. The maximum Gasteiger partial charge on any atom is 0.446 e. The maximum atomic E-state index is 12.0. The molecule has 1 rings (SSSR count). The fraction of sp³-hybridized carbons (Fsp3) is 0.300. The van der Waals surface area contributed by atoms with E-state index in [0.29, 0.717) is 5.56 Å². The van der Waals surface area contributed by atoms with E-state index in [1.807, 2.05) is 0 Å². The van der Waals surface area contributed by atoms with E-state index in [0.717, 1.165) is 0 Å². The second kappa shape index (κ2) is 5.42. The molecule has 2 N–H and O–H groups in total. The van der Waals surface area contributed by atoms with Crippen LogP contribution in [0.5, 0.6) is 0 Å². The molecule has 94 valence electrons. The Morgan fingerprint density at radius 3 is 2.24 bits per heavy atom. The SMILES string of the molecule is O=C(O)[C@@H](O)Cc1ccc(SC(F)(F)F)cc1. The summed E-state index contributed by atoms with van der Waals surface area (Å²) in [5, 5.41) is 17.5. The van der Waals surface area contributed by atoms with Gasteiger partial charge in [-0.3, -0.25) is 0 Å². The lowest BCUT2D eigenvalue weighted by Crippen LogP contribution is -2.21. The predicted molar refractivity (Wildman–Crippen MR) is 55.7 cm³/mol. The zero-order valence-electron chi connectivity index (χ0n) is 8.44. The first kappa shape index (κ1) is 13.9. The van der Waals surface area contributed by atoms with Gasteiger partial charge in [0.25, 0.3) is 0 Å². The standard InChI is InChI=1S/C10H9F3O3S/c11-10(12,13)17-7-3-1-6(2-4-7)5-8(14)9(15)16/h1-4,8,14H,5H2,(H,15,16)/t8-/m0/s1. The largest absolute Gasteiger partial charge is 0.479 e. The van der Waals surface area contributed by atoms with E-state index in [9.17, 15) is 18.0 Å². The van der Waals surface area contributed by atoms with Crippen molar-refractivity contribution in [3.8, 4) is 0 Å². The Kier molecular flexibility index (Phi) is 4.41. The molecule has 0 aromatic heterocycles. The number of aliphatic carboxylic acids is 1. The molecule has 17 heavy (non-hydrogen) atoms. The van der Waals surface area contributed by atoms with Crippen LogP contribution in [0.4, 0.5) is 13.2 Å². The van der Waals surface area contributed by atoms with Gasteiger partial charge >= 0.3 is 11.5 Å². The molecular weight excluding hydrogens is 257 g/mol. The van der Waals surface area contributed by atoms with Crippen LogP contribution in [0.3, 0.4) is 0 Å². The van der Waals surface area contributed by atoms with Gasteiger partial charge in [-0.2, -0.15) is 13.2 Å². The highest BCUT2D eigenvalue weighted by Crippen LogP contribution is 2.36. The molecule has 1 aromatic rings. The number of aliphatic hydroxyl groups is 1. The smallest absolute Gasteiger partial charge is 0.446 e. The molecular formula is C10H9F3O3S. The molecule has 0 heterocycles. The second-order valence-electron chi connectivity index (χ2n) is 3.25. The summed E-state index contributed by atoms with van der Waals surface area (Å²) >= 11 is -0.244. The number of aliphatic hydroxyl groups excluding tert-OH is 1. The van der Waals surface area contributed by atoms with E-state index in [1.165, 1.54) is 24.3 Å². The Morgan fingerprint density at radius 1 is 1.29 bits per heavy atom. The monoisotopic (exact) mass is 266 g/mol. The lowest BCUT2D eigenvalue weighted by molar-refractivity contribution is -0.146. The molecule has 0 radical (unpaired) electrons. The Labute approximate surface area is 99.3 Å². The lowest BCUT2D eigenvalue weighted by atomic mass is 10.1. The Hall–Kier alpha value is -1.21. The molecule has 7 heteroatoms. The van der Waals surface area contributed by atoms with Crippen LogP contribution in [0.25, 0.3) is 0 Å². The minimum Gasteiger partial charge on any atom is -0.479 e. The van der Waals surface area contributed by atoms with Gasteiger partial charge in [-0.05, 0) is 29.5 Å². The first-order chi connectivity index (χ1) is 7.78. The zero-order chi connectivity index (χ0) is 13.1. The van der Waals surface area contributed by atoms with E-state index in [-0.39, 0.29) is 23.1 Å². The summed E-state index contributed by atoms with van der Waals surface area (Å²) in [5.74, 6) is -1.36. The summed E-state index contributed by atoms with van der Waals surface area (Å²) in [4.78, 5) is 10.4. The summed E-state index contributed by atoms with van der Waals surface area (Å²) in [7, 11) is 0. The predicted octanol–water partition coefficient (Wildman–Crippen LogP) is 2.29. The second-order valence-corrected chi connectivity index (χ2v) is 4.39. The normalized spacial score (nSPS) is 13.4. The van der Waals surface area contributed by atoms with Crippen LogP contribution in [0.2, 0.25) is 0 Å². The lowest BCUT2D eigenvalue weighted by Gasteiger charge is -2.08. The molecule has 0 aliphatic heterocycles. The van der Waals surface area contributed by atoms with E-state index in [4.69, 9.17) is 10.2 Å². The first-order valence-electron chi connectivity index (χ1n) is 4.53. The summed E-state index contributed by atoms with van der Waals surface area (Å²) in [6.07, 6.45) is -1.68. The average Bonchev–Trinajstić information content (AvgIpc) is 2.18. The average molecular weight is 266 g/mol. The summed E-state index contributed by atoms with van der Waals surface area (Å²) in [6, 6.07) is 5.20. The van der Waals surface area contributed by atoms with Gasteiger partial charge < -0.3 is 10.2 Å². The van der Waals surface area contributed by atoms with Crippen LogP contribution >= 0.6 is 11.8 Å². The molecule has 0 bridgehead atoms. The van der Waals surface area contributed by atoms with Crippen molar-refractivity contribution < 1.29 is 28.2 Å². The van der Waals surface area contributed by atoms with Crippen molar-refractivity contribution >= 4 is 17.7 Å². The van der Waals surface area contributed by atoms with Crippen molar-refractivity contribution in [2.75, 3.05) is 0 Å². The van der Waals surface area contributed by atoms with Crippen LogP contribution in [-0.2, 0) is 11.2 Å². The van der Waals surface area contributed by atoms with Crippen molar-refractivity contribution in [1.29, 1.82) is 0 Å². The third-order valence-corrected chi connectivity index (χ3v) is 2.61. The summed E-state index contributed by atoms with van der Waals surface area (Å²) in [5.41, 5.74) is -3.88. The Bertz CT molecular complexity index is 389. The van der Waals surface area contributed by atoms with E-state index < -0.39 is 17.6 Å². The van der Waals surface area contributed by atoms with Gasteiger partial charge in [0.15, 0.2) is 6.10 Å². The van der Waals surface area contributed by atoms with E-state index >= 15 is 0 Å². The van der Waals surface area contributed by atoms with Crippen LogP contribution in [0.1, 0.15) is 5.56 Å². The number of hydrogen-bond acceptors (Lipinski definition) is 3. The fourth-order valence-corrected chi connectivity index (χ4v) is 1.68. The molecule has 0 aliphatic carbocycles. The van der Waals surface area contributed by atoms with Gasteiger partial charge in [0.2, 0.25) is 0 Å². The van der Waals surface area contributed by atoms with Gasteiger partial charge in [0, 0.05) is 11.3 Å². The van der Waals surface area contributed by atoms with Gasteiger partial charge in [0.1, 0.15) is 0 Å². The highest BCUT2D eigenvalue weighted by atomic mass is 32.2. The number of alkyl halides is 3. The van der Waals surface area contributed by atoms with Gasteiger partial charge in [-0.15, -0.1) is 0 Å². The van der Waals surface area contributed by atoms with Gasteiger partial charge in [-0.25, -0.2) is 4.79 Å². The highest BCUT2D eigenvalue weighted by molar-refractivity contribution is 8.00. The van der Waals surface area contributed by atoms with Crippen molar-refractivity contribution in [3.05, 3.63) is 29.8 Å². The minimum absolute atomic E-state index is 0.0195. The third kappa shape index (κ3) is 5.10. The van der Waals surface area contributed by atoms with Gasteiger partial charge in [0.05, 0.1) is 0 Å². The van der Waals surface area contributed by atoms with E-state index in [2.05, 4.69) is 0 Å². The molecule has 1 aromatic carbocycles. The highest BCUT2D eigenvalue weighted by Gasteiger charge is 2.29. The molecule has 0 spiro atoms. The molecule has 0 fully saturated rings. The fourth-order valence-electron chi connectivity index (χ4n) is 1.14. The molecule has 0 saturated carbocycles. The molecule has 1 atom stereocenters. The van der Waals surface area contributed by atoms with Crippen molar-refractivity contribution in [2.45, 2.75) is 22.9 Å². The zero-order valence-corrected chi connectivity index (χ0v) is 9.26. The third-order valence-electron chi connectivity index (χ3n) is 1.87. The number of carboxylic acids is 1. The van der Waals surface area contributed by atoms with E-state index in [1.54, 1.807) is 0 Å². The maximum absolute atomic E-state index is 12.0. The number of halogens is 3. The Morgan fingerprint density at radius 2 is 1.82 bits per heavy atom. The summed E-state index contributed by atoms with van der Waals surface area (Å²) < 4.78 is 36.0. The molecule has 0 unspecified atom stereocenters. The summed E-state index contributed by atoms with van der Waals surface area (Å²) in [6.45, 7) is 0. The topological polar surface area (TPSA) is 57.5 Å². The molecule has 0 amide bonds. The number of thioether (sulfide) groups is 1. The molecule has 0 saturated heterocycles. The number of hydrogen-bond donors (Lipinski definition) is 2. The molecule has 3 nitrogen and oxygen atoms in total. The number of benzene rings is 1. The quantitative estimate of drug-likeness (QED) is 0.821. The van der Waals surface area contributed by atoms with Crippen LogP contribution in [0, 0.1) is 0 Å². The van der Waals surface area contributed by atoms with Crippen LogP contribution in [0.15, 0.2) is 29.2 Å². The van der Waals surface area contributed by atoms with Crippen LogP contribution in [-0.4, -0.2) is 27.8 Å². The number of rotatable bonds is 4. The first-order valence-corrected chi connectivity index (χ1v) is 5.35. The molecule has 0 aliphatic rings. The minimum atomic E-state index is -4.35. The van der Waals surface area contributed by atoms with Gasteiger partial charge in [-0.1, -0.05) is 12.1 Å². The van der Waals surface area contributed by atoms with Crippen LogP contribution < -0.4 is 0 Å². The number of carboxylic acid groups (broad SMARTS) is 1. The van der Waals surface area contributed by atoms with Crippen molar-refractivity contribution in [2.24, 2.45) is 0 Å². The van der Waals surface area contributed by atoms with Crippen molar-refractivity contribution in [3.63, 3.8) is 0 Å².